The lowest BCUT2D eigenvalue weighted by atomic mass is 10.3. The van der Waals surface area contributed by atoms with Crippen LogP contribution >= 0.6 is 0 Å². The van der Waals surface area contributed by atoms with Crippen LogP contribution in [0.25, 0.3) is 0 Å². The summed E-state index contributed by atoms with van der Waals surface area (Å²) in [6.45, 7) is 1.48. The first-order valence-electron chi connectivity index (χ1n) is 5.21. The number of methoxy groups -OCH3 is 2. The fourth-order valence-electron chi connectivity index (χ4n) is 1.16. The SMILES string of the molecule is COc1cc(OC)nc(NCCCCN)n1. The molecule has 0 fully saturated rings. The van der Waals surface area contributed by atoms with E-state index in [0.29, 0.717) is 24.3 Å². The second kappa shape index (κ2) is 6.84. The van der Waals surface area contributed by atoms with Gasteiger partial charge in [-0.25, -0.2) is 0 Å². The van der Waals surface area contributed by atoms with Gasteiger partial charge >= 0.3 is 0 Å². The summed E-state index contributed by atoms with van der Waals surface area (Å²) in [5.74, 6) is 1.47. The van der Waals surface area contributed by atoms with E-state index in [9.17, 15) is 0 Å². The van der Waals surface area contributed by atoms with Crippen molar-refractivity contribution in [2.45, 2.75) is 12.8 Å². The van der Waals surface area contributed by atoms with Gasteiger partial charge in [0.2, 0.25) is 17.7 Å². The number of ether oxygens (including phenoxy) is 2. The number of nitrogens with two attached hydrogens (primary N) is 1. The summed E-state index contributed by atoms with van der Waals surface area (Å²) < 4.78 is 10.1. The topological polar surface area (TPSA) is 82.3 Å². The maximum absolute atomic E-state index is 5.40. The molecule has 0 aliphatic heterocycles. The fourth-order valence-corrected chi connectivity index (χ4v) is 1.16. The Morgan fingerprint density at radius 3 is 2.31 bits per heavy atom. The summed E-state index contributed by atoms with van der Waals surface area (Å²) in [5, 5.41) is 3.09. The van der Waals surface area contributed by atoms with Crippen molar-refractivity contribution in [3.05, 3.63) is 6.07 Å². The monoisotopic (exact) mass is 226 g/mol. The third-order valence-electron chi connectivity index (χ3n) is 2.01. The first kappa shape index (κ1) is 12.5. The molecule has 6 nitrogen and oxygen atoms in total. The highest BCUT2D eigenvalue weighted by atomic mass is 16.5. The van der Waals surface area contributed by atoms with E-state index >= 15 is 0 Å². The van der Waals surface area contributed by atoms with E-state index in [0.717, 1.165) is 19.4 Å². The van der Waals surface area contributed by atoms with Crippen LogP contribution in [0.15, 0.2) is 6.07 Å². The van der Waals surface area contributed by atoms with Gasteiger partial charge in [0.1, 0.15) is 0 Å². The largest absolute Gasteiger partial charge is 0.481 e. The molecular weight excluding hydrogens is 208 g/mol. The maximum atomic E-state index is 5.40. The molecule has 1 rings (SSSR count). The molecule has 0 aliphatic carbocycles. The minimum atomic E-state index is 0.480. The van der Waals surface area contributed by atoms with Gasteiger partial charge in [0.05, 0.1) is 20.3 Å². The summed E-state index contributed by atoms with van der Waals surface area (Å²) >= 11 is 0. The Labute approximate surface area is 95.2 Å². The van der Waals surface area contributed by atoms with Gasteiger partial charge in [0.25, 0.3) is 0 Å². The van der Waals surface area contributed by atoms with Crippen molar-refractivity contribution in [2.24, 2.45) is 5.73 Å². The molecule has 1 aromatic heterocycles. The van der Waals surface area contributed by atoms with Crippen LogP contribution in [-0.4, -0.2) is 37.3 Å². The second-order valence-electron chi connectivity index (χ2n) is 3.20. The molecule has 1 heterocycles. The number of aromatic nitrogens is 2. The van der Waals surface area contributed by atoms with Crippen molar-refractivity contribution in [2.75, 3.05) is 32.6 Å². The fraction of sp³-hybridized carbons (Fsp3) is 0.600. The van der Waals surface area contributed by atoms with E-state index in [1.54, 1.807) is 20.3 Å². The van der Waals surface area contributed by atoms with Gasteiger partial charge in [-0.1, -0.05) is 0 Å². The van der Waals surface area contributed by atoms with E-state index in [4.69, 9.17) is 15.2 Å². The number of anilines is 1. The van der Waals surface area contributed by atoms with E-state index < -0.39 is 0 Å². The van der Waals surface area contributed by atoms with Crippen molar-refractivity contribution < 1.29 is 9.47 Å². The Morgan fingerprint density at radius 2 is 1.81 bits per heavy atom. The molecule has 3 N–H and O–H groups in total. The molecule has 0 saturated carbocycles. The Kier molecular flexibility index (Phi) is 5.35. The van der Waals surface area contributed by atoms with Gasteiger partial charge in [-0.05, 0) is 19.4 Å². The molecule has 0 atom stereocenters. The van der Waals surface area contributed by atoms with Crippen molar-refractivity contribution in [3.63, 3.8) is 0 Å². The van der Waals surface area contributed by atoms with Crippen LogP contribution in [0, 0.1) is 0 Å². The Bertz CT molecular complexity index is 297. The zero-order valence-corrected chi connectivity index (χ0v) is 9.69. The quantitative estimate of drug-likeness (QED) is 0.664. The lowest BCUT2D eigenvalue weighted by Gasteiger charge is -2.07. The summed E-state index contributed by atoms with van der Waals surface area (Å²) in [6.07, 6.45) is 1.97. The van der Waals surface area contributed by atoms with Crippen LogP contribution in [0.4, 0.5) is 5.95 Å². The van der Waals surface area contributed by atoms with Gasteiger partial charge in [-0.3, -0.25) is 0 Å². The van der Waals surface area contributed by atoms with Crippen molar-refractivity contribution in [1.29, 1.82) is 0 Å². The van der Waals surface area contributed by atoms with Gasteiger partial charge in [-0.2, -0.15) is 9.97 Å². The summed E-state index contributed by atoms with van der Waals surface area (Å²) in [7, 11) is 3.11. The molecule has 0 unspecified atom stereocenters. The molecule has 0 saturated heterocycles. The molecular formula is C10H18N4O2. The molecule has 0 spiro atoms. The summed E-state index contributed by atoms with van der Waals surface area (Å²) in [5.41, 5.74) is 5.40. The van der Waals surface area contributed by atoms with Crippen molar-refractivity contribution >= 4 is 5.95 Å². The van der Waals surface area contributed by atoms with Crippen LogP contribution in [0.5, 0.6) is 11.8 Å². The highest BCUT2D eigenvalue weighted by Crippen LogP contribution is 2.17. The average Bonchev–Trinajstić information content (AvgIpc) is 2.34. The van der Waals surface area contributed by atoms with E-state index in [1.165, 1.54) is 0 Å². The molecule has 16 heavy (non-hydrogen) atoms. The smallest absolute Gasteiger partial charge is 0.229 e. The van der Waals surface area contributed by atoms with Gasteiger partial charge in [0.15, 0.2) is 0 Å². The highest BCUT2D eigenvalue weighted by molar-refractivity contribution is 5.33. The average molecular weight is 226 g/mol. The first-order valence-corrected chi connectivity index (χ1v) is 5.21. The normalized spacial score (nSPS) is 9.94. The van der Waals surface area contributed by atoms with E-state index in [-0.39, 0.29) is 0 Å². The lowest BCUT2D eigenvalue weighted by Crippen LogP contribution is -2.09. The number of rotatable bonds is 7. The number of hydrogen-bond donors (Lipinski definition) is 2. The number of nitrogens with zero attached hydrogens (tertiary/aromatic N) is 2. The van der Waals surface area contributed by atoms with Gasteiger partial charge in [-0.15, -0.1) is 0 Å². The second-order valence-corrected chi connectivity index (χ2v) is 3.20. The summed E-state index contributed by atoms with van der Waals surface area (Å²) in [6, 6.07) is 1.63. The summed E-state index contributed by atoms with van der Waals surface area (Å²) in [4.78, 5) is 8.28. The first-order chi connectivity index (χ1) is 7.80. The molecule has 0 bridgehead atoms. The molecule has 90 valence electrons. The number of hydrogen-bond acceptors (Lipinski definition) is 6. The molecule has 0 amide bonds. The molecule has 0 aromatic carbocycles. The van der Waals surface area contributed by atoms with E-state index in [1.807, 2.05) is 0 Å². The zero-order valence-electron chi connectivity index (χ0n) is 9.69. The zero-order chi connectivity index (χ0) is 11.8. The predicted molar refractivity (Wildman–Crippen MR) is 61.9 cm³/mol. The third-order valence-corrected chi connectivity index (χ3v) is 2.01. The van der Waals surface area contributed by atoms with Crippen LogP contribution in [0.3, 0.4) is 0 Å². The number of unbranched alkanes of at least 4 members (excludes halogenated alkanes) is 1. The third kappa shape index (κ3) is 3.90. The molecule has 1 aromatic rings. The van der Waals surface area contributed by atoms with Crippen LogP contribution < -0.4 is 20.5 Å². The lowest BCUT2D eigenvalue weighted by molar-refractivity contribution is 0.373. The predicted octanol–water partition coefficient (Wildman–Crippen LogP) is 0.645. The minimum absolute atomic E-state index is 0.480. The van der Waals surface area contributed by atoms with E-state index in [2.05, 4.69) is 15.3 Å². The van der Waals surface area contributed by atoms with Gasteiger partial charge in [0, 0.05) is 6.54 Å². The van der Waals surface area contributed by atoms with Crippen molar-refractivity contribution in [3.8, 4) is 11.8 Å². The molecule has 0 aliphatic rings. The van der Waals surface area contributed by atoms with Gasteiger partial charge < -0.3 is 20.5 Å². The number of nitrogens with one attached hydrogen (secondary N) is 1. The van der Waals surface area contributed by atoms with Crippen molar-refractivity contribution in [1.82, 2.24) is 9.97 Å². The minimum Gasteiger partial charge on any atom is -0.481 e. The Morgan fingerprint density at radius 1 is 1.19 bits per heavy atom. The van der Waals surface area contributed by atoms with Crippen LogP contribution in [0.2, 0.25) is 0 Å². The Balaban J connectivity index is 2.57. The van der Waals surface area contributed by atoms with Crippen LogP contribution in [0.1, 0.15) is 12.8 Å². The highest BCUT2D eigenvalue weighted by Gasteiger charge is 2.04. The standard InChI is InChI=1S/C10H18N4O2/c1-15-8-7-9(16-2)14-10(13-8)12-6-4-3-5-11/h7H,3-6,11H2,1-2H3,(H,12,13,14). The molecule has 0 radical (unpaired) electrons. The molecule has 6 heteroatoms. The van der Waals surface area contributed by atoms with Crippen LogP contribution in [-0.2, 0) is 0 Å². The Hall–Kier alpha value is -1.56. The maximum Gasteiger partial charge on any atom is 0.229 e.